The second kappa shape index (κ2) is 6.64. The average molecular weight is 291 g/mol. The van der Waals surface area contributed by atoms with E-state index < -0.39 is 0 Å². The zero-order valence-corrected chi connectivity index (χ0v) is 13.3. The predicted octanol–water partition coefficient (Wildman–Crippen LogP) is 2.44. The van der Waals surface area contributed by atoms with Crippen molar-refractivity contribution in [3.05, 3.63) is 0 Å². The van der Waals surface area contributed by atoms with Crippen molar-refractivity contribution in [3.63, 3.8) is 0 Å². The Bertz CT molecular complexity index is 390. The lowest BCUT2D eigenvalue weighted by molar-refractivity contribution is -0.0122. The van der Waals surface area contributed by atoms with Gasteiger partial charge in [0, 0.05) is 25.2 Å². The number of piperidine rings is 1. The molecule has 0 spiro atoms. The summed E-state index contributed by atoms with van der Waals surface area (Å²) in [5.41, 5.74) is -0.247. The van der Waals surface area contributed by atoms with Crippen molar-refractivity contribution in [3.8, 4) is 6.07 Å². The molecule has 1 heterocycles. The van der Waals surface area contributed by atoms with Crippen LogP contribution in [0, 0.1) is 11.3 Å². The van der Waals surface area contributed by atoms with Crippen LogP contribution in [0.3, 0.4) is 0 Å². The lowest BCUT2D eigenvalue weighted by atomic mass is 9.98. The summed E-state index contributed by atoms with van der Waals surface area (Å²) in [4.78, 5) is 2.59. The Hall–Kier alpha value is -0.630. The maximum atomic E-state index is 9.62. The van der Waals surface area contributed by atoms with E-state index in [-0.39, 0.29) is 5.54 Å². The lowest BCUT2D eigenvalue weighted by Crippen LogP contribution is -2.48. The first-order valence-corrected chi connectivity index (χ1v) is 8.79. The Morgan fingerprint density at radius 2 is 2.19 bits per heavy atom. The molecule has 3 atom stereocenters. The van der Waals surface area contributed by atoms with Crippen molar-refractivity contribution < 1.29 is 4.74 Å². The fraction of sp³-hybridized carbons (Fsp3) is 0.941. The Morgan fingerprint density at radius 3 is 2.90 bits per heavy atom. The van der Waals surface area contributed by atoms with Gasteiger partial charge in [0.1, 0.15) is 5.54 Å². The number of nitriles is 1. The molecule has 3 unspecified atom stereocenters. The smallest absolute Gasteiger partial charge is 0.108 e. The highest BCUT2D eigenvalue weighted by molar-refractivity contribution is 5.15. The molecule has 1 aliphatic heterocycles. The van der Waals surface area contributed by atoms with Crippen LogP contribution in [0.15, 0.2) is 0 Å². The Kier molecular flexibility index (Phi) is 4.83. The molecule has 118 valence electrons. The maximum Gasteiger partial charge on any atom is 0.108 e. The molecular formula is C17H29N3O. The topological polar surface area (TPSA) is 48.3 Å². The molecule has 1 N–H and O–H groups in total. The summed E-state index contributed by atoms with van der Waals surface area (Å²) in [7, 11) is 0. The second-order valence-electron chi connectivity index (χ2n) is 7.14. The van der Waals surface area contributed by atoms with Crippen LogP contribution in [0.5, 0.6) is 0 Å². The third-order valence-corrected chi connectivity index (χ3v) is 5.24. The van der Waals surface area contributed by atoms with Crippen LogP contribution >= 0.6 is 0 Å². The molecule has 0 aromatic carbocycles. The van der Waals surface area contributed by atoms with Crippen molar-refractivity contribution >= 4 is 0 Å². The van der Waals surface area contributed by atoms with Crippen molar-refractivity contribution in [2.75, 3.05) is 19.7 Å². The van der Waals surface area contributed by atoms with E-state index >= 15 is 0 Å². The van der Waals surface area contributed by atoms with E-state index in [2.05, 4.69) is 23.2 Å². The van der Waals surface area contributed by atoms with Crippen LogP contribution in [-0.4, -0.2) is 48.3 Å². The van der Waals surface area contributed by atoms with Crippen LogP contribution < -0.4 is 5.32 Å². The number of rotatable bonds is 6. The van der Waals surface area contributed by atoms with Crippen molar-refractivity contribution in [1.82, 2.24) is 10.2 Å². The predicted molar refractivity (Wildman–Crippen MR) is 83.0 cm³/mol. The number of hydrogen-bond donors (Lipinski definition) is 1. The Labute approximate surface area is 128 Å². The van der Waals surface area contributed by atoms with Crippen LogP contribution in [-0.2, 0) is 4.74 Å². The van der Waals surface area contributed by atoms with Crippen LogP contribution in [0.2, 0.25) is 0 Å². The molecule has 3 aliphatic rings. The molecule has 3 rings (SSSR count). The second-order valence-corrected chi connectivity index (χ2v) is 7.14. The highest BCUT2D eigenvalue weighted by Crippen LogP contribution is 2.37. The molecule has 0 radical (unpaired) electrons. The summed E-state index contributed by atoms with van der Waals surface area (Å²) in [6, 6.07) is 3.78. The Morgan fingerprint density at radius 1 is 1.33 bits per heavy atom. The van der Waals surface area contributed by atoms with Crippen molar-refractivity contribution in [1.29, 1.82) is 5.26 Å². The van der Waals surface area contributed by atoms with Gasteiger partial charge in [-0.25, -0.2) is 0 Å². The van der Waals surface area contributed by atoms with Gasteiger partial charge < -0.3 is 4.74 Å². The quantitative estimate of drug-likeness (QED) is 0.816. The van der Waals surface area contributed by atoms with Gasteiger partial charge in [-0.1, -0.05) is 6.92 Å². The zero-order chi connectivity index (χ0) is 14.7. The van der Waals surface area contributed by atoms with Gasteiger partial charge >= 0.3 is 0 Å². The number of nitrogens with zero attached hydrogens (tertiary/aromatic N) is 2. The minimum absolute atomic E-state index is 0.247. The van der Waals surface area contributed by atoms with Crippen LogP contribution in [0.4, 0.5) is 0 Å². The van der Waals surface area contributed by atoms with E-state index in [0.29, 0.717) is 18.2 Å². The molecule has 1 saturated heterocycles. The van der Waals surface area contributed by atoms with Gasteiger partial charge in [-0.3, -0.25) is 10.2 Å². The molecule has 2 aliphatic carbocycles. The van der Waals surface area contributed by atoms with Gasteiger partial charge in [0.25, 0.3) is 0 Å². The van der Waals surface area contributed by atoms with Gasteiger partial charge in [-0.15, -0.1) is 0 Å². The first kappa shape index (κ1) is 15.3. The summed E-state index contributed by atoms with van der Waals surface area (Å²) >= 11 is 0. The number of ether oxygens (including phenoxy) is 1. The first-order chi connectivity index (χ1) is 10.2. The van der Waals surface area contributed by atoms with E-state index in [1.807, 2.05) is 0 Å². The van der Waals surface area contributed by atoms with Gasteiger partial charge in [-0.05, 0) is 57.9 Å². The molecule has 0 bridgehead atoms. The minimum atomic E-state index is -0.247. The van der Waals surface area contributed by atoms with E-state index in [4.69, 9.17) is 4.74 Å². The Balaban J connectivity index is 1.53. The molecule has 4 nitrogen and oxygen atoms in total. The van der Waals surface area contributed by atoms with Gasteiger partial charge in [-0.2, -0.15) is 5.26 Å². The summed E-state index contributed by atoms with van der Waals surface area (Å²) < 4.78 is 5.95. The molecule has 0 aromatic rings. The SMILES string of the molecule is CCCOC1CCCN(C2CCC(C#N)(NC3CC3)C2)C1. The normalized spacial score (nSPS) is 37.5. The van der Waals surface area contributed by atoms with Gasteiger partial charge in [0.15, 0.2) is 0 Å². The monoisotopic (exact) mass is 291 g/mol. The number of likely N-dealkylation sites (tertiary alicyclic amines) is 1. The lowest BCUT2D eigenvalue weighted by Gasteiger charge is -2.37. The molecule has 3 fully saturated rings. The van der Waals surface area contributed by atoms with Gasteiger partial charge in [0.05, 0.1) is 12.2 Å². The van der Waals surface area contributed by atoms with Crippen molar-refractivity contribution in [2.45, 2.75) is 82.0 Å². The fourth-order valence-corrected chi connectivity index (χ4v) is 3.93. The van der Waals surface area contributed by atoms with Gasteiger partial charge in [0.2, 0.25) is 0 Å². The molecular weight excluding hydrogens is 262 g/mol. The highest BCUT2D eigenvalue weighted by atomic mass is 16.5. The molecule has 2 saturated carbocycles. The summed E-state index contributed by atoms with van der Waals surface area (Å²) in [5.74, 6) is 0. The van der Waals surface area contributed by atoms with E-state index in [0.717, 1.165) is 38.8 Å². The van der Waals surface area contributed by atoms with E-state index in [9.17, 15) is 5.26 Å². The third kappa shape index (κ3) is 3.77. The molecule has 21 heavy (non-hydrogen) atoms. The standard InChI is InChI=1S/C17H29N3O/c1-2-10-21-16-4-3-9-20(12-16)15-7-8-17(11-15,13-18)19-14-5-6-14/h14-16,19H,2-12H2,1H3. The third-order valence-electron chi connectivity index (χ3n) is 5.24. The molecule has 0 amide bonds. The maximum absolute atomic E-state index is 9.62. The van der Waals surface area contributed by atoms with Crippen LogP contribution in [0.1, 0.15) is 58.3 Å². The first-order valence-electron chi connectivity index (χ1n) is 8.79. The summed E-state index contributed by atoms with van der Waals surface area (Å²) in [6.45, 7) is 5.30. The summed E-state index contributed by atoms with van der Waals surface area (Å²) in [5, 5.41) is 13.2. The van der Waals surface area contributed by atoms with Crippen LogP contribution in [0.25, 0.3) is 0 Å². The number of hydrogen-bond acceptors (Lipinski definition) is 4. The fourth-order valence-electron chi connectivity index (χ4n) is 3.93. The van der Waals surface area contributed by atoms with E-state index in [1.54, 1.807) is 0 Å². The largest absolute Gasteiger partial charge is 0.377 e. The minimum Gasteiger partial charge on any atom is -0.377 e. The molecule has 4 heteroatoms. The molecule has 0 aromatic heterocycles. The summed E-state index contributed by atoms with van der Waals surface area (Å²) in [6.07, 6.45) is 9.63. The zero-order valence-electron chi connectivity index (χ0n) is 13.3. The highest BCUT2D eigenvalue weighted by Gasteiger charge is 2.45. The van der Waals surface area contributed by atoms with Crippen molar-refractivity contribution in [2.24, 2.45) is 0 Å². The average Bonchev–Trinajstić information content (AvgIpc) is 3.22. The van der Waals surface area contributed by atoms with E-state index in [1.165, 1.54) is 32.2 Å². The number of nitrogens with one attached hydrogen (secondary N) is 1.